The van der Waals surface area contributed by atoms with E-state index >= 15 is 0 Å². The molecule has 1 atom stereocenters. The van der Waals surface area contributed by atoms with E-state index in [1.165, 1.54) is 11.5 Å². The third-order valence-corrected chi connectivity index (χ3v) is 0.969. The summed E-state index contributed by atoms with van der Waals surface area (Å²) in [5.41, 5.74) is 0. The Kier molecular flexibility index (Phi) is 3.93. The van der Waals surface area contributed by atoms with Gasteiger partial charge in [-0.15, -0.1) is 0 Å². The van der Waals surface area contributed by atoms with E-state index < -0.39 is 10.8 Å². The van der Waals surface area contributed by atoms with Crippen molar-refractivity contribution in [1.82, 2.24) is 0 Å². The molecule has 0 radical (unpaired) electrons. The van der Waals surface area contributed by atoms with Crippen LogP contribution >= 0.6 is 0 Å². The van der Waals surface area contributed by atoms with Crippen LogP contribution in [-0.4, -0.2) is 22.2 Å². The molecule has 0 aromatic rings. The first-order chi connectivity index (χ1) is 3.27. The van der Waals surface area contributed by atoms with Crippen molar-refractivity contribution in [3.63, 3.8) is 0 Å². The Bertz CT molecular complexity index is 87.7. The summed E-state index contributed by atoms with van der Waals surface area (Å²) in [5, 5.41) is 9.54. The molecular formula is C4H8O2S. The van der Waals surface area contributed by atoms with Gasteiger partial charge in [0.2, 0.25) is 0 Å². The smallest absolute Gasteiger partial charge is 0.0621 e. The van der Waals surface area contributed by atoms with Crippen LogP contribution in [0.15, 0.2) is 11.5 Å². The second-order valence-corrected chi connectivity index (χ2v) is 2.32. The highest BCUT2D eigenvalue weighted by molar-refractivity contribution is 7.87. The van der Waals surface area contributed by atoms with Crippen LogP contribution in [0.3, 0.4) is 0 Å². The highest BCUT2D eigenvalue weighted by Gasteiger charge is 1.73. The average molecular weight is 120 g/mol. The lowest BCUT2D eigenvalue weighted by Crippen LogP contribution is -1.77. The highest BCUT2D eigenvalue weighted by atomic mass is 32.2. The third kappa shape index (κ3) is 5.85. The summed E-state index contributed by atoms with van der Waals surface area (Å²) in [5.74, 6) is 0. The van der Waals surface area contributed by atoms with Crippen molar-refractivity contribution in [2.24, 2.45) is 0 Å². The summed E-state index contributed by atoms with van der Waals surface area (Å²) in [6.45, 7) is -0.0282. The van der Waals surface area contributed by atoms with E-state index in [1.807, 2.05) is 0 Å². The minimum atomic E-state index is -0.906. The summed E-state index contributed by atoms with van der Waals surface area (Å²) in [6, 6.07) is 0. The van der Waals surface area contributed by atoms with Gasteiger partial charge in [-0.05, 0) is 0 Å². The van der Waals surface area contributed by atoms with Crippen molar-refractivity contribution in [2.45, 2.75) is 0 Å². The van der Waals surface area contributed by atoms with Gasteiger partial charge in [0.25, 0.3) is 0 Å². The lowest BCUT2D eigenvalue weighted by atomic mass is 10.7. The maximum Gasteiger partial charge on any atom is 0.0621 e. The summed E-state index contributed by atoms with van der Waals surface area (Å²) in [4.78, 5) is 0. The maximum atomic E-state index is 10.1. The summed E-state index contributed by atoms with van der Waals surface area (Å²) < 4.78 is 10.1. The molecule has 1 N–H and O–H groups in total. The van der Waals surface area contributed by atoms with Gasteiger partial charge in [-0.1, -0.05) is 6.08 Å². The molecule has 0 aliphatic rings. The predicted molar refractivity (Wildman–Crippen MR) is 30.3 cm³/mol. The van der Waals surface area contributed by atoms with Gasteiger partial charge in [0, 0.05) is 22.5 Å². The molecule has 0 aliphatic heterocycles. The molecular weight excluding hydrogens is 112 g/mol. The van der Waals surface area contributed by atoms with Crippen LogP contribution in [0, 0.1) is 0 Å². The summed E-state index contributed by atoms with van der Waals surface area (Å²) in [7, 11) is -0.906. The van der Waals surface area contributed by atoms with Crippen molar-refractivity contribution < 1.29 is 9.32 Å². The lowest BCUT2D eigenvalue weighted by molar-refractivity contribution is 0.343. The van der Waals surface area contributed by atoms with Gasteiger partial charge >= 0.3 is 0 Å². The fourth-order valence-electron chi connectivity index (χ4n) is 0.179. The van der Waals surface area contributed by atoms with Crippen LogP contribution in [0.25, 0.3) is 0 Å². The molecule has 0 rings (SSSR count). The molecule has 7 heavy (non-hydrogen) atoms. The van der Waals surface area contributed by atoms with E-state index in [9.17, 15) is 4.21 Å². The number of hydrogen-bond donors (Lipinski definition) is 1. The predicted octanol–water partition coefficient (Wildman–Crippen LogP) is -0.129. The highest BCUT2D eigenvalue weighted by Crippen LogP contribution is 1.74. The van der Waals surface area contributed by atoms with Gasteiger partial charge in [-0.3, -0.25) is 4.21 Å². The van der Waals surface area contributed by atoms with Crippen LogP contribution < -0.4 is 0 Å². The monoisotopic (exact) mass is 120 g/mol. The molecule has 0 spiro atoms. The van der Waals surface area contributed by atoms with Gasteiger partial charge in [-0.2, -0.15) is 0 Å². The van der Waals surface area contributed by atoms with E-state index in [4.69, 9.17) is 5.11 Å². The first-order valence-electron chi connectivity index (χ1n) is 1.87. The maximum absolute atomic E-state index is 10.1. The molecule has 0 aromatic carbocycles. The van der Waals surface area contributed by atoms with Gasteiger partial charge in [-0.25, -0.2) is 0 Å². The second-order valence-electron chi connectivity index (χ2n) is 1.05. The van der Waals surface area contributed by atoms with Crippen LogP contribution in [0.5, 0.6) is 0 Å². The first kappa shape index (κ1) is 6.85. The molecule has 0 saturated heterocycles. The molecule has 42 valence electrons. The molecule has 3 heteroatoms. The Hall–Kier alpha value is -0.150. The zero-order valence-corrected chi connectivity index (χ0v) is 4.94. The average Bonchev–Trinajstić information content (AvgIpc) is 1.61. The minimum Gasteiger partial charge on any atom is -0.392 e. The SMILES string of the molecule is CS(=O)/C=C/CO. The Labute approximate surface area is 45.3 Å². The fraction of sp³-hybridized carbons (Fsp3) is 0.500. The van der Waals surface area contributed by atoms with Crippen molar-refractivity contribution >= 4 is 10.8 Å². The zero-order chi connectivity index (χ0) is 5.70. The molecule has 0 saturated carbocycles. The molecule has 0 aliphatic carbocycles. The van der Waals surface area contributed by atoms with Gasteiger partial charge in [0.15, 0.2) is 0 Å². The molecule has 0 fully saturated rings. The van der Waals surface area contributed by atoms with Crippen molar-refractivity contribution in [1.29, 1.82) is 0 Å². The molecule has 2 nitrogen and oxygen atoms in total. The molecule has 0 aromatic heterocycles. The standard InChI is InChI=1S/C4H8O2S/c1-7(6)4-2-3-5/h2,4-5H,3H2,1H3/b4-2+. The van der Waals surface area contributed by atoms with Gasteiger partial charge in [0.1, 0.15) is 0 Å². The van der Waals surface area contributed by atoms with Crippen LogP contribution in [0.1, 0.15) is 0 Å². The lowest BCUT2D eigenvalue weighted by Gasteiger charge is -1.75. The number of hydrogen-bond acceptors (Lipinski definition) is 2. The molecule has 0 amide bonds. The summed E-state index contributed by atoms with van der Waals surface area (Å²) >= 11 is 0. The van der Waals surface area contributed by atoms with Crippen LogP contribution in [-0.2, 0) is 10.8 Å². The minimum absolute atomic E-state index is 0.0282. The van der Waals surface area contributed by atoms with E-state index in [2.05, 4.69) is 0 Å². The Morgan fingerprint density at radius 3 is 2.57 bits per heavy atom. The van der Waals surface area contributed by atoms with E-state index in [0.29, 0.717) is 0 Å². The Morgan fingerprint density at radius 1 is 1.86 bits per heavy atom. The van der Waals surface area contributed by atoms with Crippen molar-refractivity contribution in [3.8, 4) is 0 Å². The summed E-state index contributed by atoms with van der Waals surface area (Å²) in [6.07, 6.45) is 3.00. The normalized spacial score (nSPS) is 15.1. The van der Waals surface area contributed by atoms with E-state index in [1.54, 1.807) is 6.26 Å². The quantitative estimate of drug-likeness (QED) is 0.551. The number of aliphatic hydroxyl groups excluding tert-OH is 1. The molecule has 0 bridgehead atoms. The fourth-order valence-corrected chi connectivity index (χ4v) is 0.536. The number of aliphatic hydroxyl groups is 1. The second kappa shape index (κ2) is 4.02. The third-order valence-electron chi connectivity index (χ3n) is 0.393. The van der Waals surface area contributed by atoms with E-state index in [-0.39, 0.29) is 6.61 Å². The molecule has 0 heterocycles. The zero-order valence-electron chi connectivity index (χ0n) is 4.13. The van der Waals surface area contributed by atoms with Crippen LogP contribution in [0.4, 0.5) is 0 Å². The van der Waals surface area contributed by atoms with Gasteiger partial charge < -0.3 is 5.11 Å². The first-order valence-corrected chi connectivity index (χ1v) is 3.49. The van der Waals surface area contributed by atoms with E-state index in [0.717, 1.165) is 0 Å². The Morgan fingerprint density at radius 2 is 2.43 bits per heavy atom. The van der Waals surface area contributed by atoms with Crippen molar-refractivity contribution in [3.05, 3.63) is 11.5 Å². The number of rotatable bonds is 2. The largest absolute Gasteiger partial charge is 0.392 e. The van der Waals surface area contributed by atoms with Crippen molar-refractivity contribution in [2.75, 3.05) is 12.9 Å². The molecule has 1 unspecified atom stereocenters. The van der Waals surface area contributed by atoms with Gasteiger partial charge in [0.05, 0.1) is 6.61 Å². The van der Waals surface area contributed by atoms with Crippen LogP contribution in [0.2, 0.25) is 0 Å². The topological polar surface area (TPSA) is 37.3 Å². The Balaban J connectivity index is 3.26.